The molecule has 11 heavy (non-hydrogen) atoms. The zero-order chi connectivity index (χ0) is 8.43. The minimum Gasteiger partial charge on any atom is -0.396 e. The predicted octanol–water partition coefficient (Wildman–Crippen LogP) is 0.868. The summed E-state index contributed by atoms with van der Waals surface area (Å²) < 4.78 is 2.99. The van der Waals surface area contributed by atoms with Gasteiger partial charge in [0.05, 0.1) is 5.69 Å². The maximum Gasteiger partial charge on any atom is 0.171 e. The predicted molar refractivity (Wildman–Crippen MR) is 51.5 cm³/mol. The van der Waals surface area contributed by atoms with E-state index >= 15 is 0 Å². The summed E-state index contributed by atoms with van der Waals surface area (Å²) in [4.78, 5) is 4.29. The molecule has 0 radical (unpaired) electrons. The lowest BCUT2D eigenvalue weighted by atomic mass is 10.3. The maximum absolute atomic E-state index is 8.69. The third-order valence-corrected chi connectivity index (χ3v) is 2.74. The van der Waals surface area contributed by atoms with E-state index in [1.54, 1.807) is 0 Å². The number of aliphatic hydroxyl groups is 1. The van der Waals surface area contributed by atoms with Crippen molar-refractivity contribution < 1.29 is 5.11 Å². The molecule has 3 nitrogen and oxygen atoms in total. The van der Waals surface area contributed by atoms with Gasteiger partial charge in [0.15, 0.2) is 3.83 Å². The molecule has 0 aliphatic heterocycles. The van der Waals surface area contributed by atoms with Gasteiger partial charge in [-0.15, -0.1) is 0 Å². The van der Waals surface area contributed by atoms with Crippen LogP contribution in [0.4, 0.5) is 0 Å². The molecule has 0 aliphatic rings. The highest BCUT2D eigenvalue weighted by atomic mass is 127. The lowest BCUT2D eigenvalue weighted by molar-refractivity contribution is 0.298. The van der Waals surface area contributed by atoms with E-state index in [-0.39, 0.29) is 6.61 Å². The van der Waals surface area contributed by atoms with E-state index < -0.39 is 0 Å². The summed E-state index contributed by atoms with van der Waals surface area (Å²) in [5.41, 5.74) is 2.14. The highest BCUT2D eigenvalue weighted by Gasteiger charge is 2.06. The number of hydrogen-bond acceptors (Lipinski definition) is 2. The van der Waals surface area contributed by atoms with Crippen LogP contribution in [0.5, 0.6) is 0 Å². The number of halogens is 1. The fourth-order valence-corrected chi connectivity index (χ4v) is 1.59. The lowest BCUT2D eigenvalue weighted by Crippen LogP contribution is -1.96. The van der Waals surface area contributed by atoms with Crippen LogP contribution in [-0.4, -0.2) is 21.3 Å². The lowest BCUT2D eigenvalue weighted by Gasteiger charge is -1.96. The Morgan fingerprint density at radius 3 is 2.64 bits per heavy atom. The second-order valence-corrected chi connectivity index (χ2v) is 3.41. The first-order valence-electron chi connectivity index (χ1n) is 3.45. The zero-order valence-corrected chi connectivity index (χ0v) is 8.79. The van der Waals surface area contributed by atoms with Gasteiger partial charge in [0, 0.05) is 25.8 Å². The Kier molecular flexibility index (Phi) is 2.89. The van der Waals surface area contributed by atoms with E-state index in [9.17, 15) is 0 Å². The van der Waals surface area contributed by atoms with Crippen LogP contribution in [0.15, 0.2) is 0 Å². The van der Waals surface area contributed by atoms with E-state index in [0.29, 0.717) is 6.42 Å². The molecule has 0 atom stereocenters. The molecule has 0 bridgehead atoms. The summed E-state index contributed by atoms with van der Waals surface area (Å²) in [6.07, 6.45) is 0.655. The van der Waals surface area contributed by atoms with Gasteiger partial charge in [0.2, 0.25) is 0 Å². The SMILES string of the molecule is Cc1c(CCO)nc(I)n1C. The third-order valence-electron chi connectivity index (χ3n) is 1.77. The first-order valence-corrected chi connectivity index (χ1v) is 4.53. The van der Waals surface area contributed by atoms with Gasteiger partial charge in [0.1, 0.15) is 0 Å². The molecule has 0 aliphatic carbocycles. The molecular weight excluding hydrogens is 255 g/mol. The smallest absolute Gasteiger partial charge is 0.171 e. The Labute approximate surface area is 79.6 Å². The van der Waals surface area contributed by atoms with Crippen molar-refractivity contribution in [3.8, 4) is 0 Å². The minimum absolute atomic E-state index is 0.175. The standard InChI is InChI=1S/C7H11IN2O/c1-5-6(3-4-11)9-7(8)10(5)2/h11H,3-4H2,1-2H3. The van der Waals surface area contributed by atoms with Gasteiger partial charge in [0.25, 0.3) is 0 Å². The second-order valence-electron chi connectivity index (χ2n) is 2.45. The van der Waals surface area contributed by atoms with Crippen molar-refractivity contribution >= 4 is 22.6 Å². The van der Waals surface area contributed by atoms with Crippen LogP contribution >= 0.6 is 22.6 Å². The second kappa shape index (κ2) is 3.53. The van der Waals surface area contributed by atoms with Crippen LogP contribution in [0.25, 0.3) is 0 Å². The highest BCUT2D eigenvalue weighted by molar-refractivity contribution is 14.1. The number of nitrogens with zero attached hydrogens (tertiary/aromatic N) is 2. The number of rotatable bonds is 2. The Hall–Kier alpha value is -0.100. The molecule has 0 spiro atoms. The molecule has 0 saturated carbocycles. The molecule has 1 heterocycles. The van der Waals surface area contributed by atoms with Crippen LogP contribution < -0.4 is 0 Å². The number of imidazole rings is 1. The van der Waals surface area contributed by atoms with Crippen LogP contribution in [0, 0.1) is 10.8 Å². The average molecular weight is 266 g/mol. The Balaban J connectivity index is 2.98. The van der Waals surface area contributed by atoms with Crippen LogP contribution in [0.3, 0.4) is 0 Å². The maximum atomic E-state index is 8.69. The van der Waals surface area contributed by atoms with E-state index in [0.717, 1.165) is 15.2 Å². The Morgan fingerprint density at radius 2 is 2.27 bits per heavy atom. The molecule has 0 unspecified atom stereocenters. The number of aromatic nitrogens is 2. The summed E-state index contributed by atoms with van der Waals surface area (Å²) in [5.74, 6) is 0. The molecule has 1 aromatic heterocycles. The van der Waals surface area contributed by atoms with E-state index in [1.165, 1.54) is 0 Å². The first kappa shape index (κ1) is 8.99. The largest absolute Gasteiger partial charge is 0.396 e. The fraction of sp³-hybridized carbons (Fsp3) is 0.571. The van der Waals surface area contributed by atoms with Gasteiger partial charge in [-0.1, -0.05) is 0 Å². The number of hydrogen-bond donors (Lipinski definition) is 1. The first-order chi connectivity index (χ1) is 5.16. The molecule has 1 aromatic rings. The molecule has 1 N–H and O–H groups in total. The van der Waals surface area contributed by atoms with Gasteiger partial charge < -0.3 is 9.67 Å². The van der Waals surface area contributed by atoms with E-state index in [1.807, 2.05) is 18.5 Å². The van der Waals surface area contributed by atoms with Crippen molar-refractivity contribution in [1.82, 2.24) is 9.55 Å². The Morgan fingerprint density at radius 1 is 1.64 bits per heavy atom. The van der Waals surface area contributed by atoms with Gasteiger partial charge in [-0.05, 0) is 29.5 Å². The zero-order valence-electron chi connectivity index (χ0n) is 6.63. The summed E-state index contributed by atoms with van der Waals surface area (Å²) in [6.45, 7) is 2.19. The van der Waals surface area contributed by atoms with Crippen molar-refractivity contribution in [3.05, 3.63) is 15.2 Å². The van der Waals surface area contributed by atoms with Gasteiger partial charge in [-0.25, -0.2) is 4.98 Å². The van der Waals surface area contributed by atoms with Crippen LogP contribution in [-0.2, 0) is 13.5 Å². The summed E-state index contributed by atoms with van der Waals surface area (Å²) >= 11 is 2.18. The van der Waals surface area contributed by atoms with Gasteiger partial charge in [-0.2, -0.15) is 0 Å². The van der Waals surface area contributed by atoms with E-state index in [4.69, 9.17) is 5.11 Å². The van der Waals surface area contributed by atoms with Crippen molar-refractivity contribution in [1.29, 1.82) is 0 Å². The van der Waals surface area contributed by atoms with E-state index in [2.05, 4.69) is 27.6 Å². The highest BCUT2D eigenvalue weighted by Crippen LogP contribution is 2.10. The monoisotopic (exact) mass is 266 g/mol. The molecule has 0 saturated heterocycles. The third kappa shape index (κ3) is 1.73. The Bertz CT molecular complexity index is 257. The topological polar surface area (TPSA) is 38.1 Å². The normalized spacial score (nSPS) is 10.5. The average Bonchev–Trinajstić information content (AvgIpc) is 2.19. The van der Waals surface area contributed by atoms with Crippen LogP contribution in [0.1, 0.15) is 11.4 Å². The molecule has 0 amide bonds. The number of aliphatic hydroxyl groups excluding tert-OH is 1. The molecule has 0 fully saturated rings. The molecule has 1 rings (SSSR count). The molecule has 4 heteroatoms. The summed E-state index contributed by atoms with van der Waals surface area (Å²) in [7, 11) is 1.98. The molecule has 0 aromatic carbocycles. The van der Waals surface area contributed by atoms with Gasteiger partial charge in [-0.3, -0.25) is 0 Å². The molecule has 62 valence electrons. The fourth-order valence-electron chi connectivity index (χ4n) is 0.942. The van der Waals surface area contributed by atoms with Crippen LogP contribution in [0.2, 0.25) is 0 Å². The van der Waals surface area contributed by atoms with Crippen molar-refractivity contribution in [2.24, 2.45) is 7.05 Å². The molecular formula is C7H11IN2O. The summed E-state index contributed by atoms with van der Waals surface area (Å²) in [5, 5.41) is 8.69. The quantitative estimate of drug-likeness (QED) is 0.806. The summed E-state index contributed by atoms with van der Waals surface area (Å²) in [6, 6.07) is 0. The minimum atomic E-state index is 0.175. The van der Waals surface area contributed by atoms with Crippen molar-refractivity contribution in [2.45, 2.75) is 13.3 Å². The van der Waals surface area contributed by atoms with Crippen molar-refractivity contribution in [3.63, 3.8) is 0 Å². The van der Waals surface area contributed by atoms with Crippen molar-refractivity contribution in [2.75, 3.05) is 6.61 Å². The van der Waals surface area contributed by atoms with Gasteiger partial charge >= 0.3 is 0 Å².